The van der Waals surface area contributed by atoms with Gasteiger partial charge in [0.05, 0.1) is 19.3 Å². The van der Waals surface area contributed by atoms with Crippen LogP contribution in [0.25, 0.3) is 0 Å². The molecule has 0 fully saturated rings. The van der Waals surface area contributed by atoms with Gasteiger partial charge in [-0.25, -0.2) is 14.2 Å². The second-order valence-corrected chi connectivity index (χ2v) is 10.7. The number of aromatic nitrogens is 2. The number of aromatic amines is 1. The van der Waals surface area contributed by atoms with Gasteiger partial charge in [-0.3, -0.25) is 14.5 Å². The molecular formula is C29H43FN4O6. The fraction of sp³-hybridized carbons (Fsp3) is 0.586. The third-order valence-corrected chi connectivity index (χ3v) is 6.47. The van der Waals surface area contributed by atoms with E-state index in [1.165, 1.54) is 17.0 Å². The van der Waals surface area contributed by atoms with Crippen LogP contribution >= 0.6 is 0 Å². The fourth-order valence-corrected chi connectivity index (χ4v) is 4.04. The van der Waals surface area contributed by atoms with Crippen LogP contribution in [0.1, 0.15) is 82.2 Å². The second-order valence-electron chi connectivity index (χ2n) is 10.7. The molecule has 2 unspecified atom stereocenters. The maximum Gasteiger partial charge on any atom is 0.410 e. The number of nitrogens with zero attached hydrogens (tertiary/aromatic N) is 2. The topological polar surface area (TPSA) is 123 Å². The molecule has 0 aliphatic heterocycles. The van der Waals surface area contributed by atoms with Crippen molar-refractivity contribution >= 4 is 12.0 Å². The summed E-state index contributed by atoms with van der Waals surface area (Å²) < 4.78 is 30.4. The van der Waals surface area contributed by atoms with E-state index in [1.54, 1.807) is 47.1 Å². The highest BCUT2D eigenvalue weighted by atomic mass is 19.1. The van der Waals surface area contributed by atoms with Gasteiger partial charge in [-0.1, -0.05) is 38.8 Å². The fourth-order valence-electron chi connectivity index (χ4n) is 4.04. The van der Waals surface area contributed by atoms with Crippen LogP contribution in [0.4, 0.5) is 9.18 Å². The number of halogens is 1. The van der Waals surface area contributed by atoms with Gasteiger partial charge in [0, 0.05) is 26.8 Å². The Kier molecular flexibility index (Phi) is 12.3. The zero-order chi connectivity index (χ0) is 29.9. The SMILES string of the molecule is CCCCC(COCC(CC)OC)(c1nc(C(=O)NCc2ccc(F)cc2)cc(=O)[nH]1)N(C)C(=O)OC(C)(C)C. The largest absolute Gasteiger partial charge is 0.444 e. The summed E-state index contributed by atoms with van der Waals surface area (Å²) in [5, 5.41) is 2.71. The minimum atomic E-state index is -1.25. The summed E-state index contributed by atoms with van der Waals surface area (Å²) in [7, 11) is 3.17. The monoisotopic (exact) mass is 562 g/mol. The van der Waals surface area contributed by atoms with Crippen molar-refractivity contribution in [2.45, 2.75) is 84.1 Å². The van der Waals surface area contributed by atoms with Gasteiger partial charge in [-0.05, 0) is 51.3 Å². The van der Waals surface area contributed by atoms with Crippen molar-refractivity contribution in [1.82, 2.24) is 20.2 Å². The van der Waals surface area contributed by atoms with Gasteiger partial charge in [0.15, 0.2) is 0 Å². The van der Waals surface area contributed by atoms with E-state index in [9.17, 15) is 18.8 Å². The quantitative estimate of drug-likeness (QED) is 0.347. The molecule has 0 saturated heterocycles. The van der Waals surface area contributed by atoms with Gasteiger partial charge < -0.3 is 24.5 Å². The molecule has 1 heterocycles. The summed E-state index contributed by atoms with van der Waals surface area (Å²) in [5.74, 6) is -0.863. The molecule has 11 heteroatoms. The number of unbranched alkanes of at least 4 members (excludes halogenated alkanes) is 1. The minimum Gasteiger partial charge on any atom is -0.444 e. The van der Waals surface area contributed by atoms with Crippen LogP contribution in [0.5, 0.6) is 0 Å². The average molecular weight is 563 g/mol. The molecule has 0 saturated carbocycles. The Balaban J connectivity index is 2.51. The standard InChI is InChI=1S/C29H43FN4O6/c1-8-10-15-29(19-39-18-22(9-2)38-7,34(6)27(37)40-28(3,4)5)26-32-23(16-24(35)33-26)25(36)31-17-20-11-13-21(30)14-12-20/h11-14,16,22H,8-10,15,17-19H2,1-7H3,(H,31,36)(H,32,33,35). The summed E-state index contributed by atoms with van der Waals surface area (Å²) >= 11 is 0. The van der Waals surface area contributed by atoms with Gasteiger partial charge in [-0.15, -0.1) is 0 Å². The van der Waals surface area contributed by atoms with Gasteiger partial charge in [0.2, 0.25) is 0 Å². The molecule has 0 aliphatic carbocycles. The zero-order valence-corrected chi connectivity index (χ0v) is 24.6. The molecule has 2 rings (SSSR count). The maximum absolute atomic E-state index is 13.3. The Morgan fingerprint density at radius 3 is 2.42 bits per heavy atom. The highest BCUT2D eigenvalue weighted by Gasteiger charge is 2.44. The molecule has 40 heavy (non-hydrogen) atoms. The lowest BCUT2D eigenvalue weighted by Gasteiger charge is -2.41. The first-order valence-electron chi connectivity index (χ1n) is 13.6. The summed E-state index contributed by atoms with van der Waals surface area (Å²) in [5.41, 5.74) is -2.02. The number of H-pyrrole nitrogens is 1. The third kappa shape index (κ3) is 9.41. The van der Waals surface area contributed by atoms with Gasteiger partial charge >= 0.3 is 6.09 Å². The summed E-state index contributed by atoms with van der Waals surface area (Å²) in [6.07, 6.45) is 1.78. The van der Waals surface area contributed by atoms with E-state index in [0.717, 1.165) is 18.9 Å². The summed E-state index contributed by atoms with van der Waals surface area (Å²) in [6.45, 7) is 9.62. The van der Waals surface area contributed by atoms with Crippen LogP contribution in [-0.2, 0) is 26.3 Å². The van der Waals surface area contributed by atoms with E-state index in [1.807, 2.05) is 13.8 Å². The number of methoxy groups -OCH3 is 1. The highest BCUT2D eigenvalue weighted by Crippen LogP contribution is 2.33. The summed E-state index contributed by atoms with van der Waals surface area (Å²) in [4.78, 5) is 47.9. The molecular weight excluding hydrogens is 519 g/mol. The Labute approximate surface area is 235 Å². The van der Waals surface area contributed by atoms with E-state index in [0.29, 0.717) is 18.4 Å². The smallest absolute Gasteiger partial charge is 0.410 e. The highest BCUT2D eigenvalue weighted by molar-refractivity contribution is 5.92. The maximum atomic E-state index is 13.3. The Morgan fingerprint density at radius 1 is 1.18 bits per heavy atom. The number of carbonyl (C=O) groups is 2. The number of likely N-dealkylation sites (N-methyl/N-ethyl adjacent to an activating group) is 1. The molecule has 0 spiro atoms. The first-order valence-corrected chi connectivity index (χ1v) is 13.6. The summed E-state index contributed by atoms with van der Waals surface area (Å²) in [6, 6.07) is 6.80. The first kappa shape index (κ1) is 32.9. The molecule has 1 aromatic carbocycles. The van der Waals surface area contributed by atoms with Crippen molar-refractivity contribution in [1.29, 1.82) is 0 Å². The van der Waals surface area contributed by atoms with Crippen LogP contribution in [0.3, 0.4) is 0 Å². The van der Waals surface area contributed by atoms with Gasteiger partial charge in [-0.2, -0.15) is 0 Å². The van der Waals surface area contributed by atoms with E-state index in [-0.39, 0.29) is 43.2 Å². The lowest BCUT2D eigenvalue weighted by atomic mass is 9.90. The number of nitrogens with one attached hydrogen (secondary N) is 2. The number of amides is 2. The number of rotatable bonds is 14. The molecule has 0 aliphatic rings. The van der Waals surface area contributed by atoms with E-state index < -0.39 is 28.7 Å². The van der Waals surface area contributed by atoms with Crippen molar-refractivity contribution in [3.8, 4) is 0 Å². The molecule has 2 atom stereocenters. The number of hydrogen-bond acceptors (Lipinski definition) is 7. The van der Waals surface area contributed by atoms with Crippen molar-refractivity contribution in [3.63, 3.8) is 0 Å². The van der Waals surface area contributed by atoms with Crippen molar-refractivity contribution in [2.24, 2.45) is 0 Å². The molecule has 0 radical (unpaired) electrons. The van der Waals surface area contributed by atoms with E-state index in [2.05, 4.69) is 15.3 Å². The van der Waals surface area contributed by atoms with Crippen molar-refractivity contribution in [3.05, 3.63) is 63.6 Å². The first-order chi connectivity index (χ1) is 18.8. The number of benzene rings is 1. The molecule has 1 aromatic heterocycles. The third-order valence-electron chi connectivity index (χ3n) is 6.47. The lowest BCUT2D eigenvalue weighted by Crippen LogP contribution is -2.53. The van der Waals surface area contributed by atoms with E-state index >= 15 is 0 Å². The van der Waals surface area contributed by atoms with Gasteiger partial charge in [0.1, 0.15) is 28.5 Å². The number of ether oxygens (including phenoxy) is 3. The van der Waals surface area contributed by atoms with Crippen LogP contribution < -0.4 is 10.9 Å². The molecule has 2 aromatic rings. The molecule has 2 N–H and O–H groups in total. The average Bonchev–Trinajstić information content (AvgIpc) is 2.90. The molecule has 222 valence electrons. The normalized spacial score (nSPS) is 13.8. The number of hydrogen-bond donors (Lipinski definition) is 2. The van der Waals surface area contributed by atoms with Crippen molar-refractivity contribution in [2.75, 3.05) is 27.4 Å². The van der Waals surface area contributed by atoms with Crippen LogP contribution in [0.15, 0.2) is 35.1 Å². The lowest BCUT2D eigenvalue weighted by molar-refractivity contribution is -0.0568. The van der Waals surface area contributed by atoms with Crippen LogP contribution in [0, 0.1) is 5.82 Å². The second kappa shape index (κ2) is 14.9. The van der Waals surface area contributed by atoms with Crippen LogP contribution in [0.2, 0.25) is 0 Å². The van der Waals surface area contributed by atoms with Crippen LogP contribution in [-0.4, -0.2) is 65.9 Å². The molecule has 0 bridgehead atoms. The van der Waals surface area contributed by atoms with E-state index in [4.69, 9.17) is 14.2 Å². The predicted octanol–water partition coefficient (Wildman–Crippen LogP) is 4.53. The molecule has 2 amide bonds. The minimum absolute atomic E-state index is 0.0216. The Morgan fingerprint density at radius 2 is 1.85 bits per heavy atom. The predicted molar refractivity (Wildman–Crippen MR) is 150 cm³/mol. The van der Waals surface area contributed by atoms with Gasteiger partial charge in [0.25, 0.3) is 11.5 Å². The molecule has 10 nitrogen and oxygen atoms in total. The van der Waals surface area contributed by atoms with Crippen molar-refractivity contribution < 1.29 is 28.2 Å². The Hall–Kier alpha value is -3.31. The number of carbonyl (C=O) groups excluding carboxylic acids is 2. The zero-order valence-electron chi connectivity index (χ0n) is 24.6. The Bertz CT molecular complexity index is 1160.